The topological polar surface area (TPSA) is 102 Å². The Labute approximate surface area is 226 Å². The molecule has 0 radical (unpaired) electrons. The summed E-state index contributed by atoms with van der Waals surface area (Å²) in [5, 5.41) is 26.2. The molecule has 2 atom stereocenters. The Morgan fingerprint density at radius 3 is 2.39 bits per heavy atom. The predicted octanol–water partition coefficient (Wildman–Crippen LogP) is 5.09. The van der Waals surface area contributed by atoms with Gasteiger partial charge in [0.15, 0.2) is 0 Å². The Balaban J connectivity index is 1.48. The van der Waals surface area contributed by atoms with Gasteiger partial charge in [-0.2, -0.15) is 5.10 Å². The number of halogens is 1. The van der Waals surface area contributed by atoms with Crippen molar-refractivity contribution in [1.29, 1.82) is 0 Å². The zero-order valence-electron chi connectivity index (χ0n) is 21.0. The van der Waals surface area contributed by atoms with Crippen LogP contribution in [0.2, 0.25) is 5.02 Å². The van der Waals surface area contributed by atoms with E-state index in [4.69, 9.17) is 11.6 Å². The number of amides is 2. The molecule has 0 aliphatic carbocycles. The van der Waals surface area contributed by atoms with Gasteiger partial charge in [-0.05, 0) is 47.0 Å². The van der Waals surface area contributed by atoms with Gasteiger partial charge in [0.1, 0.15) is 5.75 Å². The number of carbonyl (C=O) groups excluding carboxylic acids is 2. The Kier molecular flexibility index (Phi) is 8.41. The molecule has 0 spiro atoms. The van der Waals surface area contributed by atoms with Crippen LogP contribution in [-0.2, 0) is 11.2 Å². The van der Waals surface area contributed by atoms with E-state index in [0.29, 0.717) is 0 Å². The largest absolute Gasteiger partial charge is 0.506 e. The number of fused-ring (bicyclic) bond motifs is 1. The van der Waals surface area contributed by atoms with Crippen LogP contribution >= 0.6 is 11.6 Å². The van der Waals surface area contributed by atoms with Gasteiger partial charge in [0.05, 0.1) is 29.8 Å². The minimum absolute atomic E-state index is 0.0763. The number of nitrogens with zero attached hydrogens (tertiary/aromatic N) is 2. The third-order valence-electron chi connectivity index (χ3n) is 6.57. The molecule has 38 heavy (non-hydrogen) atoms. The van der Waals surface area contributed by atoms with Crippen molar-refractivity contribution in [1.82, 2.24) is 10.3 Å². The van der Waals surface area contributed by atoms with Crippen LogP contribution < -0.4 is 5.43 Å². The number of aliphatic hydroxyl groups is 1. The number of hydrogen-bond donors (Lipinski definition) is 3. The number of likely N-dealkylation sites (N-methyl/N-ethyl adjacent to an activating group) is 1. The second-order valence-electron chi connectivity index (χ2n) is 9.00. The summed E-state index contributed by atoms with van der Waals surface area (Å²) in [4.78, 5) is 27.1. The van der Waals surface area contributed by atoms with E-state index in [1.165, 1.54) is 24.4 Å². The molecule has 8 heteroatoms. The number of carbonyl (C=O) groups is 2. The summed E-state index contributed by atoms with van der Waals surface area (Å²) in [6, 6.07) is 24.4. The molecule has 3 N–H and O–H groups in total. The lowest BCUT2D eigenvalue weighted by atomic mass is 9.97. The van der Waals surface area contributed by atoms with Crippen LogP contribution in [0.3, 0.4) is 0 Å². The summed E-state index contributed by atoms with van der Waals surface area (Å²) >= 11 is 5.88. The fraction of sp³-hybridized carbons (Fsp3) is 0.167. The van der Waals surface area contributed by atoms with Gasteiger partial charge in [-0.25, -0.2) is 5.43 Å². The highest BCUT2D eigenvalue weighted by molar-refractivity contribution is 6.32. The number of aliphatic hydroxyl groups excluding tert-OH is 1. The molecule has 0 aromatic heterocycles. The molecule has 194 valence electrons. The van der Waals surface area contributed by atoms with Crippen LogP contribution in [0.5, 0.6) is 5.75 Å². The van der Waals surface area contributed by atoms with E-state index < -0.39 is 18.1 Å². The maximum atomic E-state index is 13.2. The summed E-state index contributed by atoms with van der Waals surface area (Å²) in [5.74, 6) is -0.687. The molecule has 4 aromatic rings. The van der Waals surface area contributed by atoms with Crippen molar-refractivity contribution in [3.8, 4) is 5.75 Å². The maximum Gasteiger partial charge on any atom is 0.271 e. The highest BCUT2D eigenvalue weighted by Crippen LogP contribution is 2.25. The molecule has 4 aromatic carbocycles. The minimum Gasteiger partial charge on any atom is -0.506 e. The van der Waals surface area contributed by atoms with E-state index in [1.807, 2.05) is 73.7 Å². The van der Waals surface area contributed by atoms with Gasteiger partial charge in [0, 0.05) is 18.2 Å². The second kappa shape index (κ2) is 11.9. The van der Waals surface area contributed by atoms with Gasteiger partial charge in [-0.15, -0.1) is 0 Å². The molecule has 7 nitrogen and oxygen atoms in total. The lowest BCUT2D eigenvalue weighted by molar-refractivity contribution is -0.133. The molecule has 0 bridgehead atoms. The fourth-order valence-electron chi connectivity index (χ4n) is 4.18. The van der Waals surface area contributed by atoms with E-state index in [9.17, 15) is 19.8 Å². The summed E-state index contributed by atoms with van der Waals surface area (Å²) in [6.07, 6.45) is 0.907. The molecule has 2 unspecified atom stereocenters. The van der Waals surface area contributed by atoms with Crippen LogP contribution in [0.15, 0.2) is 90.0 Å². The highest BCUT2D eigenvalue weighted by Gasteiger charge is 2.24. The van der Waals surface area contributed by atoms with Gasteiger partial charge in [-0.1, -0.05) is 78.3 Å². The molecule has 0 saturated carbocycles. The van der Waals surface area contributed by atoms with Crippen molar-refractivity contribution in [2.45, 2.75) is 25.5 Å². The molecule has 0 heterocycles. The molecule has 0 saturated heterocycles. The van der Waals surface area contributed by atoms with Crippen LogP contribution in [0.4, 0.5) is 0 Å². The third-order valence-corrected chi connectivity index (χ3v) is 6.87. The Hall–Kier alpha value is -4.20. The van der Waals surface area contributed by atoms with Crippen molar-refractivity contribution in [3.63, 3.8) is 0 Å². The number of phenols is 1. The van der Waals surface area contributed by atoms with Gasteiger partial charge in [-0.3, -0.25) is 9.59 Å². The molecular weight excluding hydrogens is 502 g/mol. The molecule has 0 aliphatic rings. The summed E-state index contributed by atoms with van der Waals surface area (Å²) in [5.41, 5.74) is 5.10. The second-order valence-corrected chi connectivity index (χ2v) is 9.41. The van der Waals surface area contributed by atoms with E-state index in [2.05, 4.69) is 10.5 Å². The number of rotatable bonds is 8. The monoisotopic (exact) mass is 529 g/mol. The minimum atomic E-state index is -0.798. The van der Waals surface area contributed by atoms with Crippen molar-refractivity contribution in [3.05, 3.63) is 112 Å². The average molecular weight is 530 g/mol. The van der Waals surface area contributed by atoms with Gasteiger partial charge in [0.25, 0.3) is 5.91 Å². The predicted molar refractivity (Wildman–Crippen MR) is 149 cm³/mol. The first-order valence-corrected chi connectivity index (χ1v) is 12.4. The Morgan fingerprint density at radius 2 is 1.68 bits per heavy atom. The molecule has 0 aliphatic heterocycles. The van der Waals surface area contributed by atoms with Crippen LogP contribution in [0, 0.1) is 0 Å². The van der Waals surface area contributed by atoms with Crippen LogP contribution in [-0.4, -0.2) is 46.2 Å². The molecular formula is C30H28ClN3O4. The molecule has 0 fully saturated rings. The number of phenolic OH excluding ortho intramolecular Hbond substituents is 1. The van der Waals surface area contributed by atoms with Gasteiger partial charge >= 0.3 is 0 Å². The van der Waals surface area contributed by atoms with Gasteiger partial charge < -0.3 is 15.1 Å². The van der Waals surface area contributed by atoms with Crippen molar-refractivity contribution in [2.24, 2.45) is 5.10 Å². The van der Waals surface area contributed by atoms with Crippen LogP contribution in [0.1, 0.15) is 40.1 Å². The summed E-state index contributed by atoms with van der Waals surface area (Å²) < 4.78 is 0. The first-order valence-electron chi connectivity index (χ1n) is 12.1. The summed E-state index contributed by atoms with van der Waals surface area (Å²) in [7, 11) is 1.70. The SMILES string of the molecule is CC(C(O)c1ccccc1)N(C)C(=O)Cc1ccc(/C=N/NC(=O)c2ccc(O)c(Cl)c2)c2ccccc12. The van der Waals surface area contributed by atoms with Crippen molar-refractivity contribution >= 4 is 40.4 Å². The third kappa shape index (κ3) is 6.02. The Morgan fingerprint density at radius 1 is 1.00 bits per heavy atom. The number of hydrogen-bond acceptors (Lipinski definition) is 5. The van der Waals surface area contributed by atoms with E-state index in [0.717, 1.165) is 27.5 Å². The number of hydrazone groups is 1. The highest BCUT2D eigenvalue weighted by atomic mass is 35.5. The van der Waals surface area contributed by atoms with E-state index in [-0.39, 0.29) is 28.7 Å². The molecule has 2 amide bonds. The van der Waals surface area contributed by atoms with Crippen molar-refractivity contribution < 1.29 is 19.8 Å². The number of nitrogens with one attached hydrogen (secondary N) is 1. The van der Waals surface area contributed by atoms with Crippen molar-refractivity contribution in [2.75, 3.05) is 7.05 Å². The number of benzene rings is 4. The maximum absolute atomic E-state index is 13.2. The fourth-order valence-corrected chi connectivity index (χ4v) is 4.36. The summed E-state index contributed by atoms with van der Waals surface area (Å²) in [6.45, 7) is 1.83. The zero-order chi connectivity index (χ0) is 27.2. The number of aromatic hydroxyl groups is 1. The Bertz CT molecular complexity index is 1490. The lowest BCUT2D eigenvalue weighted by Gasteiger charge is -2.29. The molecule has 4 rings (SSSR count). The van der Waals surface area contributed by atoms with Crippen LogP contribution in [0.25, 0.3) is 10.8 Å². The standard InChI is InChI=1S/C30H28ClN3O4/c1-19(29(37)20-8-4-3-5-9-20)34(2)28(36)17-21-12-13-23(25-11-7-6-10-24(21)25)18-32-33-30(38)22-14-15-27(35)26(31)16-22/h3-16,18-19,29,35,37H,17H2,1-2H3,(H,33,38)/b32-18+. The normalized spacial score (nSPS) is 12.8. The van der Waals surface area contributed by atoms with Gasteiger partial charge in [0.2, 0.25) is 5.91 Å². The smallest absolute Gasteiger partial charge is 0.271 e. The lowest BCUT2D eigenvalue weighted by Crippen LogP contribution is -2.39. The average Bonchev–Trinajstić information content (AvgIpc) is 2.94. The first kappa shape index (κ1) is 26.9. The van der Waals surface area contributed by atoms with E-state index >= 15 is 0 Å². The quantitative estimate of drug-likeness (QED) is 0.219. The first-order chi connectivity index (χ1) is 18.3. The van der Waals surface area contributed by atoms with E-state index in [1.54, 1.807) is 11.9 Å². The zero-order valence-corrected chi connectivity index (χ0v) is 21.8.